The van der Waals surface area contributed by atoms with Crippen molar-refractivity contribution in [3.63, 3.8) is 0 Å². The predicted octanol–water partition coefficient (Wildman–Crippen LogP) is 5.50. The molecular formula is C21H13NO5. The molecular weight excluding hydrogens is 346 g/mol. The lowest BCUT2D eigenvalue weighted by Crippen LogP contribution is -1.89. The quantitative estimate of drug-likeness (QED) is 0.203. The van der Waals surface area contributed by atoms with Gasteiger partial charge in [-0.2, -0.15) is 0 Å². The summed E-state index contributed by atoms with van der Waals surface area (Å²) in [6, 6.07) is 18.6. The fraction of sp³-hybridized carbons (Fsp3) is 0. The molecule has 0 atom stereocenters. The summed E-state index contributed by atoms with van der Waals surface area (Å²) in [5.41, 5.74) is 1.39. The average molecular weight is 359 g/mol. The van der Waals surface area contributed by atoms with Crippen molar-refractivity contribution in [2.75, 3.05) is 0 Å². The van der Waals surface area contributed by atoms with E-state index in [9.17, 15) is 14.9 Å². The van der Waals surface area contributed by atoms with E-state index in [2.05, 4.69) is 0 Å². The third kappa shape index (κ3) is 3.41. The van der Waals surface area contributed by atoms with Gasteiger partial charge in [0.05, 0.1) is 4.92 Å². The number of allylic oxidation sites excluding steroid dienone is 1. The summed E-state index contributed by atoms with van der Waals surface area (Å²) < 4.78 is 11.2. The van der Waals surface area contributed by atoms with E-state index >= 15 is 0 Å². The van der Waals surface area contributed by atoms with Crippen LogP contribution in [0.3, 0.4) is 0 Å². The van der Waals surface area contributed by atoms with Gasteiger partial charge < -0.3 is 8.83 Å². The highest BCUT2D eigenvalue weighted by atomic mass is 16.6. The maximum absolute atomic E-state index is 12.3. The molecule has 6 heteroatoms. The van der Waals surface area contributed by atoms with Crippen LogP contribution >= 0.6 is 0 Å². The molecule has 0 spiro atoms. The van der Waals surface area contributed by atoms with Crippen LogP contribution in [0.2, 0.25) is 0 Å². The molecule has 0 bridgehead atoms. The maximum Gasteiger partial charge on any atom is 0.269 e. The SMILES string of the molecule is O=C(/C=C/c1ccc(-c2ccc([N+](=O)[O-])cc2)o1)c1cc2ccccc2o1. The van der Waals surface area contributed by atoms with Crippen molar-refractivity contribution in [2.24, 2.45) is 0 Å². The summed E-state index contributed by atoms with van der Waals surface area (Å²) in [5.74, 6) is 1.04. The second-order valence-corrected chi connectivity index (χ2v) is 5.85. The molecule has 0 amide bonds. The zero-order chi connectivity index (χ0) is 18.8. The summed E-state index contributed by atoms with van der Waals surface area (Å²) in [4.78, 5) is 22.5. The van der Waals surface area contributed by atoms with Crippen molar-refractivity contribution in [1.82, 2.24) is 0 Å². The van der Waals surface area contributed by atoms with Crippen LogP contribution in [-0.2, 0) is 0 Å². The van der Waals surface area contributed by atoms with Crippen LogP contribution in [0.4, 0.5) is 5.69 Å². The monoisotopic (exact) mass is 359 g/mol. The van der Waals surface area contributed by atoms with Crippen molar-refractivity contribution in [3.8, 4) is 11.3 Å². The van der Waals surface area contributed by atoms with Gasteiger partial charge in [-0.25, -0.2) is 0 Å². The molecule has 0 fully saturated rings. The van der Waals surface area contributed by atoms with Crippen LogP contribution in [0.5, 0.6) is 0 Å². The zero-order valence-electron chi connectivity index (χ0n) is 14.0. The number of nitrogens with zero attached hydrogens (tertiary/aromatic N) is 1. The summed E-state index contributed by atoms with van der Waals surface area (Å²) >= 11 is 0. The summed E-state index contributed by atoms with van der Waals surface area (Å²) in [7, 11) is 0. The molecule has 2 aromatic carbocycles. The molecule has 0 saturated heterocycles. The standard InChI is InChI=1S/C21H13NO5/c23-18(21-13-15-3-1-2-4-19(15)27-21)11-9-17-10-12-20(26-17)14-5-7-16(8-6-14)22(24)25/h1-13H/b11-9+. The number of rotatable bonds is 5. The van der Waals surface area contributed by atoms with Crippen LogP contribution in [0, 0.1) is 10.1 Å². The smallest absolute Gasteiger partial charge is 0.269 e. The van der Waals surface area contributed by atoms with Gasteiger partial charge in [0, 0.05) is 23.1 Å². The largest absolute Gasteiger partial charge is 0.457 e. The number of carbonyl (C=O) groups is 1. The Bertz CT molecular complexity index is 1130. The van der Waals surface area contributed by atoms with E-state index < -0.39 is 4.92 Å². The Kier molecular flexibility index (Phi) is 4.14. The van der Waals surface area contributed by atoms with Crippen molar-refractivity contribution in [1.29, 1.82) is 0 Å². The minimum absolute atomic E-state index is 0.0156. The van der Waals surface area contributed by atoms with Gasteiger partial charge in [-0.3, -0.25) is 14.9 Å². The first kappa shape index (κ1) is 16.5. The van der Waals surface area contributed by atoms with E-state index in [4.69, 9.17) is 8.83 Å². The number of furan rings is 2. The highest BCUT2D eigenvalue weighted by Gasteiger charge is 2.10. The van der Waals surface area contributed by atoms with Crippen molar-refractivity contribution < 1.29 is 18.6 Å². The molecule has 2 heterocycles. The average Bonchev–Trinajstić information content (AvgIpc) is 3.33. The maximum atomic E-state index is 12.3. The van der Waals surface area contributed by atoms with E-state index in [1.165, 1.54) is 18.2 Å². The Balaban J connectivity index is 1.51. The van der Waals surface area contributed by atoms with Crippen LogP contribution < -0.4 is 0 Å². The number of nitro groups is 1. The third-order valence-corrected chi connectivity index (χ3v) is 4.06. The number of benzene rings is 2. The molecule has 0 aliphatic rings. The van der Waals surface area contributed by atoms with Crippen molar-refractivity contribution in [3.05, 3.63) is 94.4 Å². The molecule has 0 aliphatic heterocycles. The summed E-state index contributed by atoms with van der Waals surface area (Å²) in [6.45, 7) is 0. The van der Waals surface area contributed by atoms with E-state index in [-0.39, 0.29) is 17.2 Å². The number of carbonyl (C=O) groups excluding carboxylic acids is 1. The van der Waals surface area contributed by atoms with Gasteiger partial charge in [0.25, 0.3) is 5.69 Å². The summed E-state index contributed by atoms with van der Waals surface area (Å²) in [5, 5.41) is 11.6. The fourth-order valence-corrected chi connectivity index (χ4v) is 2.69. The first-order valence-electron chi connectivity index (χ1n) is 8.16. The van der Waals surface area contributed by atoms with Gasteiger partial charge in [-0.05, 0) is 48.6 Å². The van der Waals surface area contributed by atoms with E-state index in [1.807, 2.05) is 18.2 Å². The Morgan fingerprint density at radius 1 is 0.963 bits per heavy atom. The molecule has 27 heavy (non-hydrogen) atoms. The number of nitro benzene ring substituents is 1. The molecule has 2 aromatic heterocycles. The second kappa shape index (κ2) is 6.76. The zero-order valence-corrected chi connectivity index (χ0v) is 14.0. The molecule has 6 nitrogen and oxygen atoms in total. The summed E-state index contributed by atoms with van der Waals surface area (Å²) in [6.07, 6.45) is 2.95. The number of non-ortho nitro benzene ring substituents is 1. The highest BCUT2D eigenvalue weighted by molar-refractivity contribution is 6.06. The topological polar surface area (TPSA) is 86.5 Å². The lowest BCUT2D eigenvalue weighted by molar-refractivity contribution is -0.384. The molecule has 0 unspecified atom stereocenters. The normalized spacial score (nSPS) is 11.3. The lowest BCUT2D eigenvalue weighted by Gasteiger charge is -1.96. The highest BCUT2D eigenvalue weighted by Crippen LogP contribution is 2.25. The molecule has 0 radical (unpaired) electrons. The Morgan fingerprint density at radius 2 is 1.74 bits per heavy atom. The van der Waals surface area contributed by atoms with E-state index in [1.54, 1.807) is 42.5 Å². The van der Waals surface area contributed by atoms with Crippen LogP contribution in [0.1, 0.15) is 16.3 Å². The van der Waals surface area contributed by atoms with E-state index in [0.717, 1.165) is 5.39 Å². The number of hydrogen-bond acceptors (Lipinski definition) is 5. The predicted molar refractivity (Wildman–Crippen MR) is 100 cm³/mol. The molecule has 0 aliphatic carbocycles. The fourth-order valence-electron chi connectivity index (χ4n) is 2.69. The Hall–Kier alpha value is -3.93. The molecule has 0 saturated carbocycles. The van der Waals surface area contributed by atoms with Gasteiger partial charge in [-0.15, -0.1) is 0 Å². The first-order valence-corrected chi connectivity index (χ1v) is 8.16. The minimum atomic E-state index is -0.455. The van der Waals surface area contributed by atoms with Gasteiger partial charge >= 0.3 is 0 Å². The lowest BCUT2D eigenvalue weighted by atomic mass is 10.1. The molecule has 132 valence electrons. The van der Waals surface area contributed by atoms with Gasteiger partial charge in [0.2, 0.25) is 5.78 Å². The van der Waals surface area contributed by atoms with Crippen molar-refractivity contribution >= 4 is 28.5 Å². The van der Waals surface area contributed by atoms with Gasteiger partial charge in [0.15, 0.2) is 5.76 Å². The van der Waals surface area contributed by atoms with Gasteiger partial charge in [0.1, 0.15) is 17.1 Å². The van der Waals surface area contributed by atoms with Gasteiger partial charge in [-0.1, -0.05) is 18.2 Å². The van der Waals surface area contributed by atoms with Crippen LogP contribution in [0.15, 0.2) is 81.6 Å². The van der Waals surface area contributed by atoms with Crippen molar-refractivity contribution in [2.45, 2.75) is 0 Å². The second-order valence-electron chi connectivity index (χ2n) is 5.85. The van der Waals surface area contributed by atoms with Crippen LogP contribution in [-0.4, -0.2) is 10.7 Å². The number of fused-ring (bicyclic) bond motifs is 1. The molecule has 4 aromatic rings. The number of hydrogen-bond donors (Lipinski definition) is 0. The Labute approximate surface area is 153 Å². The first-order chi connectivity index (χ1) is 13.1. The molecule has 0 N–H and O–H groups in total. The van der Waals surface area contributed by atoms with E-state index in [0.29, 0.717) is 22.7 Å². The molecule has 4 rings (SSSR count). The minimum Gasteiger partial charge on any atom is -0.457 e. The third-order valence-electron chi connectivity index (χ3n) is 4.06. The van der Waals surface area contributed by atoms with Crippen LogP contribution in [0.25, 0.3) is 28.4 Å². The Morgan fingerprint density at radius 3 is 2.48 bits per heavy atom. The number of ketones is 1. The number of para-hydroxylation sites is 1.